The number of hydrogen-bond donors (Lipinski definition) is 0. The second kappa shape index (κ2) is 2.95. The highest BCUT2D eigenvalue weighted by Gasteiger charge is 2.12. The van der Waals surface area contributed by atoms with Crippen LogP contribution in [0, 0.1) is 11.3 Å². The van der Waals surface area contributed by atoms with Gasteiger partial charge in [0.15, 0.2) is 0 Å². The molecule has 1 aliphatic heterocycles. The molecule has 1 aliphatic rings. The lowest BCUT2D eigenvalue weighted by atomic mass is 10.0. The zero-order valence-electron chi connectivity index (χ0n) is 7.21. The molecule has 0 saturated carbocycles. The summed E-state index contributed by atoms with van der Waals surface area (Å²) in [6.45, 7) is 4.46. The molecule has 0 atom stereocenters. The van der Waals surface area contributed by atoms with E-state index in [4.69, 9.17) is 10.00 Å². The molecule has 0 aromatic heterocycles. The minimum absolute atomic E-state index is 0.596. The molecule has 0 fully saturated rings. The Bertz CT molecular complexity index is 401. The first-order valence-electron chi connectivity index (χ1n) is 4.12. The van der Waals surface area contributed by atoms with Crippen molar-refractivity contribution in [3.63, 3.8) is 0 Å². The zero-order valence-corrected chi connectivity index (χ0v) is 7.21. The molecule has 2 rings (SSSR count). The Morgan fingerprint density at radius 3 is 3.08 bits per heavy atom. The highest BCUT2D eigenvalue weighted by molar-refractivity contribution is 5.45. The van der Waals surface area contributed by atoms with Crippen molar-refractivity contribution in [2.75, 3.05) is 6.61 Å². The summed E-state index contributed by atoms with van der Waals surface area (Å²) in [5.41, 5.74) is 2.80. The van der Waals surface area contributed by atoms with Gasteiger partial charge in [-0.05, 0) is 29.3 Å². The molecule has 13 heavy (non-hydrogen) atoms. The molecule has 2 heteroatoms. The summed E-state index contributed by atoms with van der Waals surface area (Å²) in [6.07, 6.45) is 0.824. The zero-order chi connectivity index (χ0) is 9.26. The fourth-order valence-corrected chi connectivity index (χ4v) is 1.43. The molecule has 64 valence electrons. The third kappa shape index (κ3) is 1.41. The van der Waals surface area contributed by atoms with Gasteiger partial charge < -0.3 is 4.74 Å². The van der Waals surface area contributed by atoms with E-state index in [0.29, 0.717) is 12.2 Å². The van der Waals surface area contributed by atoms with Crippen molar-refractivity contribution in [2.24, 2.45) is 0 Å². The van der Waals surface area contributed by atoms with E-state index in [9.17, 15) is 0 Å². The molecule has 1 aromatic carbocycles. The maximum atomic E-state index is 8.69. The second-order valence-electron chi connectivity index (χ2n) is 3.15. The number of nitriles is 1. The molecule has 1 heterocycles. The summed E-state index contributed by atoms with van der Waals surface area (Å²) in [5, 5.41) is 8.69. The number of hydrogen-bond acceptors (Lipinski definition) is 2. The molecule has 0 bridgehead atoms. The van der Waals surface area contributed by atoms with Gasteiger partial charge in [-0.25, -0.2) is 0 Å². The SMILES string of the molecule is C=C1COc2ccc(C#N)cc2C1. The van der Waals surface area contributed by atoms with Crippen molar-refractivity contribution in [1.29, 1.82) is 5.26 Å². The molecule has 0 spiro atoms. The Kier molecular flexibility index (Phi) is 1.79. The van der Waals surface area contributed by atoms with Crippen LogP contribution in [0.3, 0.4) is 0 Å². The molecule has 0 aliphatic carbocycles. The van der Waals surface area contributed by atoms with Crippen LogP contribution in [0.25, 0.3) is 0 Å². The van der Waals surface area contributed by atoms with Gasteiger partial charge >= 0.3 is 0 Å². The predicted octanol–water partition coefficient (Wildman–Crippen LogP) is 2.05. The molecule has 0 saturated heterocycles. The Hall–Kier alpha value is -1.75. The topological polar surface area (TPSA) is 33.0 Å². The quantitative estimate of drug-likeness (QED) is 0.560. The minimum Gasteiger partial charge on any atom is -0.489 e. The normalized spacial score (nSPS) is 14.2. The maximum absolute atomic E-state index is 8.69. The standard InChI is InChI=1S/C11H9NO/c1-8-4-10-5-9(6-12)2-3-11(10)13-7-8/h2-3,5H,1,4,7H2. The molecule has 1 aromatic rings. The summed E-state index contributed by atoms with van der Waals surface area (Å²) in [5.74, 6) is 0.881. The van der Waals surface area contributed by atoms with Gasteiger partial charge in [0.2, 0.25) is 0 Å². The number of nitrogens with zero attached hydrogens (tertiary/aromatic N) is 1. The van der Waals surface area contributed by atoms with Crippen LogP contribution in [-0.2, 0) is 6.42 Å². The van der Waals surface area contributed by atoms with E-state index in [2.05, 4.69) is 12.6 Å². The predicted molar refractivity (Wildman–Crippen MR) is 49.5 cm³/mol. The maximum Gasteiger partial charge on any atom is 0.123 e. The van der Waals surface area contributed by atoms with Crippen LogP contribution in [0.2, 0.25) is 0 Å². The van der Waals surface area contributed by atoms with Crippen molar-refractivity contribution in [3.8, 4) is 11.8 Å². The molecule has 0 N–H and O–H groups in total. The third-order valence-electron chi connectivity index (χ3n) is 2.06. The minimum atomic E-state index is 0.596. The van der Waals surface area contributed by atoms with Crippen LogP contribution >= 0.6 is 0 Å². The molecule has 0 radical (unpaired) electrons. The number of fused-ring (bicyclic) bond motifs is 1. The largest absolute Gasteiger partial charge is 0.489 e. The summed E-state index contributed by atoms with van der Waals surface area (Å²) >= 11 is 0. The average molecular weight is 171 g/mol. The average Bonchev–Trinajstić information content (AvgIpc) is 2.16. The van der Waals surface area contributed by atoms with E-state index in [0.717, 1.165) is 23.3 Å². The van der Waals surface area contributed by atoms with Gasteiger partial charge in [-0.15, -0.1) is 0 Å². The van der Waals surface area contributed by atoms with Gasteiger partial charge in [-0.2, -0.15) is 5.26 Å². The Labute approximate surface area is 77.1 Å². The van der Waals surface area contributed by atoms with Crippen molar-refractivity contribution >= 4 is 0 Å². The van der Waals surface area contributed by atoms with Gasteiger partial charge in [0.1, 0.15) is 12.4 Å². The van der Waals surface area contributed by atoms with Gasteiger partial charge in [0.05, 0.1) is 11.6 Å². The van der Waals surface area contributed by atoms with Crippen LogP contribution in [-0.4, -0.2) is 6.61 Å². The van der Waals surface area contributed by atoms with Gasteiger partial charge in [0.25, 0.3) is 0 Å². The third-order valence-corrected chi connectivity index (χ3v) is 2.06. The van der Waals surface area contributed by atoms with Crippen molar-refractivity contribution in [1.82, 2.24) is 0 Å². The van der Waals surface area contributed by atoms with E-state index in [-0.39, 0.29) is 0 Å². The highest BCUT2D eigenvalue weighted by Crippen LogP contribution is 2.26. The van der Waals surface area contributed by atoms with E-state index in [1.807, 2.05) is 12.1 Å². The van der Waals surface area contributed by atoms with Crippen LogP contribution in [0.1, 0.15) is 11.1 Å². The second-order valence-corrected chi connectivity index (χ2v) is 3.15. The van der Waals surface area contributed by atoms with Crippen LogP contribution in [0.4, 0.5) is 0 Å². The number of ether oxygens (including phenoxy) is 1. The van der Waals surface area contributed by atoms with Crippen molar-refractivity contribution in [2.45, 2.75) is 6.42 Å². The van der Waals surface area contributed by atoms with E-state index >= 15 is 0 Å². The lowest BCUT2D eigenvalue weighted by Gasteiger charge is -2.18. The first-order valence-corrected chi connectivity index (χ1v) is 4.12. The monoisotopic (exact) mass is 171 g/mol. The smallest absolute Gasteiger partial charge is 0.123 e. The van der Waals surface area contributed by atoms with Gasteiger partial charge in [0, 0.05) is 6.42 Å². The summed E-state index contributed by atoms with van der Waals surface area (Å²) in [6, 6.07) is 7.59. The molecule has 0 unspecified atom stereocenters. The lowest BCUT2D eigenvalue weighted by Crippen LogP contribution is -2.10. The Morgan fingerprint density at radius 1 is 1.46 bits per heavy atom. The van der Waals surface area contributed by atoms with Crippen molar-refractivity contribution in [3.05, 3.63) is 41.5 Å². The fourth-order valence-electron chi connectivity index (χ4n) is 1.43. The van der Waals surface area contributed by atoms with Crippen LogP contribution in [0.5, 0.6) is 5.75 Å². The lowest BCUT2D eigenvalue weighted by molar-refractivity contribution is 0.332. The molecular weight excluding hydrogens is 162 g/mol. The Balaban J connectivity index is 2.45. The first kappa shape index (κ1) is 7.88. The van der Waals surface area contributed by atoms with E-state index in [1.54, 1.807) is 6.07 Å². The molecule has 2 nitrogen and oxygen atoms in total. The fraction of sp³-hybridized carbons (Fsp3) is 0.182. The highest BCUT2D eigenvalue weighted by atomic mass is 16.5. The van der Waals surface area contributed by atoms with E-state index in [1.165, 1.54) is 0 Å². The van der Waals surface area contributed by atoms with E-state index < -0.39 is 0 Å². The number of rotatable bonds is 0. The Morgan fingerprint density at radius 2 is 2.31 bits per heavy atom. The first-order chi connectivity index (χ1) is 6.29. The summed E-state index contributed by atoms with van der Waals surface area (Å²) < 4.78 is 5.43. The van der Waals surface area contributed by atoms with Gasteiger partial charge in [-0.3, -0.25) is 0 Å². The van der Waals surface area contributed by atoms with Gasteiger partial charge in [-0.1, -0.05) is 6.58 Å². The van der Waals surface area contributed by atoms with Crippen molar-refractivity contribution < 1.29 is 4.74 Å². The van der Waals surface area contributed by atoms with Crippen LogP contribution < -0.4 is 4.74 Å². The van der Waals surface area contributed by atoms with Crippen LogP contribution in [0.15, 0.2) is 30.4 Å². The molecule has 0 amide bonds. The summed E-state index contributed by atoms with van der Waals surface area (Å²) in [4.78, 5) is 0. The molecular formula is C11H9NO. The number of benzene rings is 1. The summed E-state index contributed by atoms with van der Waals surface area (Å²) in [7, 11) is 0.